The summed E-state index contributed by atoms with van der Waals surface area (Å²) in [6.45, 7) is 9.18. The van der Waals surface area contributed by atoms with Crippen molar-refractivity contribution in [3.63, 3.8) is 0 Å². The molecule has 5 heteroatoms. The summed E-state index contributed by atoms with van der Waals surface area (Å²) in [4.78, 5) is 11.9. The Hall–Kier alpha value is -1.75. The molecule has 1 aromatic rings. The van der Waals surface area contributed by atoms with Gasteiger partial charge in [0.1, 0.15) is 11.4 Å². The molecule has 0 aliphatic carbocycles. The molecule has 0 radical (unpaired) electrons. The van der Waals surface area contributed by atoms with Crippen molar-refractivity contribution < 1.29 is 19.4 Å². The van der Waals surface area contributed by atoms with Gasteiger partial charge in [0.25, 0.3) is 0 Å². The minimum Gasteiger partial charge on any atom is -0.491 e. The van der Waals surface area contributed by atoms with E-state index < -0.39 is 5.60 Å². The summed E-state index contributed by atoms with van der Waals surface area (Å²) < 4.78 is 11.1. The summed E-state index contributed by atoms with van der Waals surface area (Å²) in [5.74, 6) is 0.339. The molecule has 0 amide bonds. The van der Waals surface area contributed by atoms with E-state index in [1.165, 1.54) is 0 Å². The third-order valence-corrected chi connectivity index (χ3v) is 2.86. The number of anilines is 1. The number of benzene rings is 1. The van der Waals surface area contributed by atoms with E-state index in [1.807, 2.05) is 34.6 Å². The summed E-state index contributed by atoms with van der Waals surface area (Å²) in [5, 5.41) is 9.53. The highest BCUT2D eigenvalue weighted by Gasteiger charge is 2.18. The quantitative estimate of drug-likeness (QED) is 0.624. The van der Waals surface area contributed by atoms with Gasteiger partial charge in [-0.25, -0.2) is 0 Å². The average molecular weight is 309 g/mol. The number of ether oxygens (including phenoxy) is 2. The van der Waals surface area contributed by atoms with Crippen molar-refractivity contribution in [3.8, 4) is 5.75 Å². The maximum atomic E-state index is 11.9. The minimum atomic E-state index is -0.505. The Labute approximate surface area is 132 Å². The zero-order valence-corrected chi connectivity index (χ0v) is 14.1. The second-order valence-corrected chi connectivity index (χ2v) is 6.57. The topological polar surface area (TPSA) is 81.8 Å². The lowest BCUT2D eigenvalue weighted by Crippen LogP contribution is -2.24. The zero-order valence-electron chi connectivity index (χ0n) is 14.1. The van der Waals surface area contributed by atoms with Crippen molar-refractivity contribution in [1.82, 2.24) is 0 Å². The number of esters is 1. The monoisotopic (exact) mass is 309 g/mol. The molecule has 0 aliphatic heterocycles. The van der Waals surface area contributed by atoms with Gasteiger partial charge in [0.15, 0.2) is 0 Å². The van der Waals surface area contributed by atoms with Crippen LogP contribution in [0.5, 0.6) is 5.75 Å². The summed E-state index contributed by atoms with van der Waals surface area (Å²) >= 11 is 0. The van der Waals surface area contributed by atoms with Gasteiger partial charge in [0.05, 0.1) is 12.7 Å². The molecule has 0 unspecified atom stereocenters. The Balaban J connectivity index is 2.94. The van der Waals surface area contributed by atoms with Gasteiger partial charge in [0.2, 0.25) is 0 Å². The van der Waals surface area contributed by atoms with Crippen LogP contribution in [0, 0.1) is 0 Å². The van der Waals surface area contributed by atoms with Gasteiger partial charge in [0, 0.05) is 23.7 Å². The summed E-state index contributed by atoms with van der Waals surface area (Å²) in [5.41, 5.74) is 7.34. The van der Waals surface area contributed by atoms with E-state index in [-0.39, 0.29) is 25.1 Å². The van der Waals surface area contributed by atoms with Gasteiger partial charge in [-0.15, -0.1) is 0 Å². The summed E-state index contributed by atoms with van der Waals surface area (Å²) in [6, 6.07) is 3.43. The lowest BCUT2D eigenvalue weighted by Gasteiger charge is -2.21. The van der Waals surface area contributed by atoms with Gasteiger partial charge in [-0.05, 0) is 52.7 Å². The van der Waals surface area contributed by atoms with Gasteiger partial charge < -0.3 is 20.3 Å². The van der Waals surface area contributed by atoms with Crippen molar-refractivity contribution in [2.75, 3.05) is 5.73 Å². The summed E-state index contributed by atoms with van der Waals surface area (Å²) in [6.07, 6.45) is 0.643. The molecule has 0 heterocycles. The molecule has 5 nitrogen and oxygen atoms in total. The Morgan fingerprint density at radius 3 is 2.45 bits per heavy atom. The fourth-order valence-corrected chi connectivity index (χ4v) is 2.13. The second kappa shape index (κ2) is 7.49. The van der Waals surface area contributed by atoms with E-state index in [0.29, 0.717) is 23.4 Å². The van der Waals surface area contributed by atoms with Crippen molar-refractivity contribution in [2.24, 2.45) is 0 Å². The predicted octanol–water partition coefficient (Wildman–Crippen LogP) is 2.82. The number of hydrogen-bond donors (Lipinski definition) is 2. The minimum absolute atomic E-state index is 0.0198. The molecule has 0 bridgehead atoms. The number of nitrogen functional groups attached to an aromatic ring is 1. The number of nitrogens with two attached hydrogens (primary N) is 1. The number of aliphatic hydroxyl groups excluding tert-OH is 1. The standard InChI is InChI=1S/C17H27NO4/c1-11(2)21-15-9-13(18)8-12(10-19)14(15)6-7-16(20)22-17(3,4)5/h8-9,11,19H,6-7,10,18H2,1-5H3. The molecule has 1 aromatic carbocycles. The first-order valence-corrected chi connectivity index (χ1v) is 7.53. The molecule has 0 aromatic heterocycles. The normalized spacial score (nSPS) is 11.6. The van der Waals surface area contributed by atoms with Gasteiger partial charge in [-0.3, -0.25) is 4.79 Å². The largest absolute Gasteiger partial charge is 0.491 e. The molecule has 0 spiro atoms. The predicted molar refractivity (Wildman–Crippen MR) is 86.7 cm³/mol. The fraction of sp³-hybridized carbons (Fsp3) is 0.588. The van der Waals surface area contributed by atoms with E-state index in [2.05, 4.69) is 0 Å². The molecule has 0 fully saturated rings. The van der Waals surface area contributed by atoms with Crippen molar-refractivity contribution in [2.45, 2.75) is 65.8 Å². The number of carbonyl (C=O) groups is 1. The van der Waals surface area contributed by atoms with Crippen LogP contribution in [0.2, 0.25) is 0 Å². The number of aliphatic hydroxyl groups is 1. The first kappa shape index (κ1) is 18.3. The molecule has 0 saturated heterocycles. The number of rotatable bonds is 6. The Bertz CT molecular complexity index is 518. The first-order chi connectivity index (χ1) is 10.1. The molecular formula is C17H27NO4. The lowest BCUT2D eigenvalue weighted by molar-refractivity contribution is -0.154. The van der Waals surface area contributed by atoms with Crippen LogP contribution in [0.15, 0.2) is 12.1 Å². The van der Waals surface area contributed by atoms with E-state index in [0.717, 1.165) is 5.56 Å². The van der Waals surface area contributed by atoms with Crippen LogP contribution in [0.1, 0.15) is 52.2 Å². The number of carbonyl (C=O) groups excluding carboxylic acids is 1. The Morgan fingerprint density at radius 1 is 1.32 bits per heavy atom. The summed E-state index contributed by atoms with van der Waals surface area (Å²) in [7, 11) is 0. The van der Waals surface area contributed by atoms with Crippen LogP contribution in [-0.2, 0) is 22.6 Å². The number of hydrogen-bond acceptors (Lipinski definition) is 5. The third-order valence-electron chi connectivity index (χ3n) is 2.86. The van der Waals surface area contributed by atoms with Gasteiger partial charge in [-0.2, -0.15) is 0 Å². The zero-order chi connectivity index (χ0) is 16.9. The van der Waals surface area contributed by atoms with Crippen LogP contribution >= 0.6 is 0 Å². The van der Waals surface area contributed by atoms with Crippen LogP contribution in [-0.4, -0.2) is 22.8 Å². The van der Waals surface area contributed by atoms with Crippen LogP contribution < -0.4 is 10.5 Å². The maximum absolute atomic E-state index is 11.9. The highest BCUT2D eigenvalue weighted by atomic mass is 16.6. The van der Waals surface area contributed by atoms with E-state index >= 15 is 0 Å². The molecule has 22 heavy (non-hydrogen) atoms. The van der Waals surface area contributed by atoms with Crippen LogP contribution in [0.25, 0.3) is 0 Å². The van der Waals surface area contributed by atoms with Gasteiger partial charge >= 0.3 is 5.97 Å². The van der Waals surface area contributed by atoms with E-state index in [9.17, 15) is 9.90 Å². The molecule has 0 aliphatic rings. The van der Waals surface area contributed by atoms with Crippen LogP contribution in [0.3, 0.4) is 0 Å². The third kappa shape index (κ3) is 5.93. The van der Waals surface area contributed by atoms with Crippen molar-refractivity contribution >= 4 is 11.7 Å². The first-order valence-electron chi connectivity index (χ1n) is 7.53. The Kier molecular flexibility index (Phi) is 6.23. The van der Waals surface area contributed by atoms with Crippen molar-refractivity contribution in [1.29, 1.82) is 0 Å². The smallest absolute Gasteiger partial charge is 0.306 e. The highest BCUT2D eigenvalue weighted by Crippen LogP contribution is 2.29. The Morgan fingerprint density at radius 2 is 1.95 bits per heavy atom. The highest BCUT2D eigenvalue weighted by molar-refractivity contribution is 5.70. The maximum Gasteiger partial charge on any atom is 0.306 e. The molecule has 0 saturated carbocycles. The molecular weight excluding hydrogens is 282 g/mol. The molecule has 1 rings (SSSR count). The van der Waals surface area contributed by atoms with Crippen LogP contribution in [0.4, 0.5) is 5.69 Å². The molecule has 124 valence electrons. The second-order valence-electron chi connectivity index (χ2n) is 6.57. The van der Waals surface area contributed by atoms with E-state index in [4.69, 9.17) is 15.2 Å². The average Bonchev–Trinajstić information content (AvgIpc) is 2.33. The fourth-order valence-electron chi connectivity index (χ4n) is 2.13. The van der Waals surface area contributed by atoms with E-state index in [1.54, 1.807) is 12.1 Å². The molecule has 0 atom stereocenters. The SMILES string of the molecule is CC(C)Oc1cc(N)cc(CO)c1CCC(=O)OC(C)(C)C. The van der Waals surface area contributed by atoms with Gasteiger partial charge in [-0.1, -0.05) is 0 Å². The lowest BCUT2D eigenvalue weighted by atomic mass is 10.0. The molecule has 3 N–H and O–H groups in total. The van der Waals surface area contributed by atoms with Crippen molar-refractivity contribution in [3.05, 3.63) is 23.3 Å².